The van der Waals surface area contributed by atoms with E-state index in [-0.39, 0.29) is 34.4 Å². The standard InChI is InChI=1S/C23H25ClF2N4O3/c1-12(13-3-4-13)28-21(31)19-20(30-6-5-23(2,11-30)29-22(32)33)18(17(24)10-27-19)14-7-15(25)9-16(26)8-14/h7-10,12-13,29H,3-6,11H2,1-2H3,(H,28,31)(H,32,33)/t12-,23?/m0/s1. The fourth-order valence-electron chi connectivity index (χ4n) is 4.43. The van der Waals surface area contributed by atoms with Crippen molar-refractivity contribution in [1.82, 2.24) is 15.6 Å². The number of anilines is 1. The monoisotopic (exact) mass is 478 g/mol. The zero-order valence-corrected chi connectivity index (χ0v) is 19.0. The third kappa shape index (κ3) is 5.03. The van der Waals surface area contributed by atoms with E-state index >= 15 is 0 Å². The lowest BCUT2D eigenvalue weighted by Crippen LogP contribution is -2.47. The Morgan fingerprint density at radius 1 is 1.27 bits per heavy atom. The largest absolute Gasteiger partial charge is 0.465 e. The molecule has 1 aliphatic heterocycles. The highest BCUT2D eigenvalue weighted by atomic mass is 35.5. The summed E-state index contributed by atoms with van der Waals surface area (Å²) in [5.41, 5.74) is 0.0520. The number of halogens is 3. The molecule has 0 spiro atoms. The van der Waals surface area contributed by atoms with Gasteiger partial charge in [-0.1, -0.05) is 11.6 Å². The van der Waals surface area contributed by atoms with E-state index in [0.717, 1.165) is 31.0 Å². The van der Waals surface area contributed by atoms with Crippen LogP contribution in [0.5, 0.6) is 0 Å². The summed E-state index contributed by atoms with van der Waals surface area (Å²) in [4.78, 5) is 30.6. The molecular formula is C23H25ClF2N4O3. The number of pyridine rings is 1. The van der Waals surface area contributed by atoms with Crippen molar-refractivity contribution in [2.24, 2.45) is 5.92 Å². The van der Waals surface area contributed by atoms with Crippen LogP contribution in [0.2, 0.25) is 5.02 Å². The van der Waals surface area contributed by atoms with Crippen molar-refractivity contribution in [1.29, 1.82) is 0 Å². The zero-order chi connectivity index (χ0) is 23.9. The van der Waals surface area contributed by atoms with Crippen molar-refractivity contribution in [2.45, 2.75) is 44.7 Å². The van der Waals surface area contributed by atoms with Crippen LogP contribution in [-0.4, -0.2) is 46.8 Å². The molecule has 33 heavy (non-hydrogen) atoms. The van der Waals surface area contributed by atoms with Crippen molar-refractivity contribution in [3.05, 3.63) is 46.7 Å². The summed E-state index contributed by atoms with van der Waals surface area (Å²) in [6.07, 6.45) is 2.68. The van der Waals surface area contributed by atoms with E-state index in [4.69, 9.17) is 11.6 Å². The highest BCUT2D eigenvalue weighted by molar-refractivity contribution is 6.34. The van der Waals surface area contributed by atoms with Gasteiger partial charge in [-0.25, -0.2) is 18.6 Å². The molecule has 2 aliphatic rings. The molecule has 2 heterocycles. The molecule has 3 N–H and O–H groups in total. The Labute approximate surface area is 195 Å². The molecule has 1 aromatic heterocycles. The van der Waals surface area contributed by atoms with Gasteiger partial charge in [0.2, 0.25) is 0 Å². The molecule has 0 radical (unpaired) electrons. The summed E-state index contributed by atoms with van der Waals surface area (Å²) < 4.78 is 28.2. The van der Waals surface area contributed by atoms with Gasteiger partial charge in [0.1, 0.15) is 11.6 Å². The molecule has 1 unspecified atom stereocenters. The van der Waals surface area contributed by atoms with Gasteiger partial charge in [0.25, 0.3) is 5.91 Å². The van der Waals surface area contributed by atoms with Gasteiger partial charge >= 0.3 is 6.09 Å². The van der Waals surface area contributed by atoms with Crippen LogP contribution in [0.1, 0.15) is 43.6 Å². The van der Waals surface area contributed by atoms with Gasteiger partial charge in [0, 0.05) is 37.0 Å². The van der Waals surface area contributed by atoms with E-state index in [2.05, 4.69) is 15.6 Å². The molecule has 7 nitrogen and oxygen atoms in total. The van der Waals surface area contributed by atoms with Crippen LogP contribution in [0, 0.1) is 17.6 Å². The summed E-state index contributed by atoms with van der Waals surface area (Å²) >= 11 is 6.47. The maximum Gasteiger partial charge on any atom is 0.405 e. The first-order valence-corrected chi connectivity index (χ1v) is 11.2. The fraction of sp³-hybridized carbons (Fsp3) is 0.435. The van der Waals surface area contributed by atoms with E-state index in [1.165, 1.54) is 6.20 Å². The van der Waals surface area contributed by atoms with E-state index in [0.29, 0.717) is 24.6 Å². The topological polar surface area (TPSA) is 94.6 Å². The molecule has 1 aliphatic carbocycles. The second-order valence-electron chi connectivity index (χ2n) is 9.10. The summed E-state index contributed by atoms with van der Waals surface area (Å²) in [6.45, 7) is 4.31. The van der Waals surface area contributed by atoms with Crippen LogP contribution in [0.15, 0.2) is 24.4 Å². The number of benzene rings is 1. The average Bonchev–Trinajstić information content (AvgIpc) is 3.49. The zero-order valence-electron chi connectivity index (χ0n) is 18.3. The van der Waals surface area contributed by atoms with Crippen molar-refractivity contribution in [2.75, 3.05) is 18.0 Å². The maximum absolute atomic E-state index is 14.1. The predicted octanol–water partition coefficient (Wildman–Crippen LogP) is 4.44. The Bertz CT molecular complexity index is 1090. The van der Waals surface area contributed by atoms with Crippen LogP contribution in [0.25, 0.3) is 11.1 Å². The number of nitrogens with one attached hydrogen (secondary N) is 2. The molecule has 1 aromatic carbocycles. The first-order valence-electron chi connectivity index (χ1n) is 10.8. The number of hydrogen-bond acceptors (Lipinski definition) is 4. The van der Waals surface area contributed by atoms with Crippen molar-refractivity contribution >= 4 is 29.3 Å². The van der Waals surface area contributed by atoms with E-state index < -0.39 is 29.2 Å². The van der Waals surface area contributed by atoms with Crippen molar-refractivity contribution in [3.63, 3.8) is 0 Å². The van der Waals surface area contributed by atoms with Crippen molar-refractivity contribution < 1.29 is 23.5 Å². The van der Waals surface area contributed by atoms with E-state index in [1.807, 2.05) is 6.92 Å². The Kier molecular flexibility index (Phi) is 6.18. The smallest absolute Gasteiger partial charge is 0.405 e. The molecule has 2 fully saturated rings. The molecule has 10 heteroatoms. The molecule has 1 saturated heterocycles. The van der Waals surface area contributed by atoms with Crippen LogP contribution in [-0.2, 0) is 0 Å². The molecule has 2 atom stereocenters. The van der Waals surface area contributed by atoms with Gasteiger partial charge < -0.3 is 20.6 Å². The lowest BCUT2D eigenvalue weighted by Gasteiger charge is -2.28. The fourth-order valence-corrected chi connectivity index (χ4v) is 4.67. The Hall–Kier alpha value is -2.94. The SMILES string of the molecule is C[C@H](NC(=O)c1ncc(Cl)c(-c2cc(F)cc(F)c2)c1N1CCC(C)(NC(=O)O)C1)C1CC1. The first kappa shape index (κ1) is 23.2. The molecular weight excluding hydrogens is 454 g/mol. The van der Waals surface area contributed by atoms with Gasteiger partial charge in [0.15, 0.2) is 5.69 Å². The number of carbonyl (C=O) groups is 2. The minimum atomic E-state index is -1.16. The Balaban J connectivity index is 1.82. The molecule has 1 saturated carbocycles. The number of amides is 2. The minimum Gasteiger partial charge on any atom is -0.465 e. The predicted molar refractivity (Wildman–Crippen MR) is 121 cm³/mol. The minimum absolute atomic E-state index is 0.0459. The van der Waals surface area contributed by atoms with Gasteiger partial charge in [-0.2, -0.15) is 0 Å². The molecule has 176 valence electrons. The maximum atomic E-state index is 14.1. The Morgan fingerprint density at radius 3 is 2.55 bits per heavy atom. The number of rotatable bonds is 6. The van der Waals surface area contributed by atoms with Gasteiger partial charge in [0.05, 0.1) is 16.2 Å². The Morgan fingerprint density at radius 2 is 1.94 bits per heavy atom. The van der Waals surface area contributed by atoms with Crippen LogP contribution >= 0.6 is 11.6 Å². The molecule has 2 amide bonds. The number of carboxylic acid groups (broad SMARTS) is 1. The number of aromatic nitrogens is 1. The number of nitrogens with zero attached hydrogens (tertiary/aromatic N) is 2. The number of carbonyl (C=O) groups excluding carboxylic acids is 1. The molecule has 4 rings (SSSR count). The second kappa shape index (κ2) is 8.78. The highest BCUT2D eigenvalue weighted by Crippen LogP contribution is 2.42. The van der Waals surface area contributed by atoms with Gasteiger partial charge in [-0.15, -0.1) is 0 Å². The normalized spacial score (nSPS) is 21.1. The molecule has 2 aromatic rings. The highest BCUT2D eigenvalue weighted by Gasteiger charge is 2.39. The lowest BCUT2D eigenvalue weighted by atomic mass is 10.0. The van der Waals surface area contributed by atoms with Crippen molar-refractivity contribution in [3.8, 4) is 11.1 Å². The quantitative estimate of drug-likeness (QED) is 0.570. The third-order valence-electron chi connectivity index (χ3n) is 6.26. The first-order chi connectivity index (χ1) is 15.6. The summed E-state index contributed by atoms with van der Waals surface area (Å²) in [5.74, 6) is -1.57. The van der Waals surface area contributed by atoms with E-state index in [1.54, 1.807) is 11.8 Å². The summed E-state index contributed by atoms with van der Waals surface area (Å²) in [6, 6.07) is 3.00. The van der Waals surface area contributed by atoms with Gasteiger partial charge in [-0.3, -0.25) is 4.79 Å². The summed E-state index contributed by atoms with van der Waals surface area (Å²) in [5, 5.41) is 14.8. The second-order valence-corrected chi connectivity index (χ2v) is 9.51. The van der Waals surface area contributed by atoms with Crippen LogP contribution in [0.4, 0.5) is 19.3 Å². The third-order valence-corrected chi connectivity index (χ3v) is 6.55. The van der Waals surface area contributed by atoms with E-state index in [9.17, 15) is 23.5 Å². The summed E-state index contributed by atoms with van der Waals surface area (Å²) in [7, 11) is 0. The lowest BCUT2D eigenvalue weighted by molar-refractivity contribution is 0.0931. The number of hydrogen-bond donors (Lipinski definition) is 3. The average molecular weight is 479 g/mol. The van der Waals surface area contributed by atoms with Gasteiger partial charge in [-0.05, 0) is 56.7 Å². The van der Waals surface area contributed by atoms with Crippen LogP contribution < -0.4 is 15.5 Å². The molecule has 0 bridgehead atoms. The van der Waals surface area contributed by atoms with Crippen LogP contribution in [0.3, 0.4) is 0 Å².